The fourth-order valence-electron chi connectivity index (χ4n) is 1.88. The molecule has 0 saturated heterocycles. The second-order valence-electron chi connectivity index (χ2n) is 4.21. The molecule has 0 atom stereocenters. The van der Waals surface area contributed by atoms with Crippen molar-refractivity contribution in [3.8, 4) is 0 Å². The molecule has 0 aromatic carbocycles. The van der Waals surface area contributed by atoms with Gasteiger partial charge >= 0.3 is 5.69 Å². The minimum Gasteiger partial charge on any atom is -0.345 e. The van der Waals surface area contributed by atoms with Crippen molar-refractivity contribution < 1.29 is 10.1 Å². The number of hydrogen-bond donors (Lipinski definition) is 1. The molecule has 0 spiro atoms. The van der Waals surface area contributed by atoms with Gasteiger partial charge in [-0.3, -0.25) is 13.9 Å². The Labute approximate surface area is 107 Å². The number of aromatic nitrogens is 4. The van der Waals surface area contributed by atoms with Gasteiger partial charge in [0.2, 0.25) is 0 Å². The number of fused-ring (bicyclic) bond motifs is 1. The smallest absolute Gasteiger partial charge is 0.332 e. The van der Waals surface area contributed by atoms with Crippen molar-refractivity contribution in [2.45, 2.75) is 13.0 Å². The van der Waals surface area contributed by atoms with Crippen LogP contribution in [0.15, 0.2) is 28.3 Å². The molecule has 2 aromatic rings. The molecule has 0 unspecified atom stereocenters. The summed E-state index contributed by atoms with van der Waals surface area (Å²) in [5, 5.41) is 8.40. The van der Waals surface area contributed by atoms with E-state index in [1.807, 2.05) is 0 Å². The molecular weight excluding hydrogens is 252 g/mol. The van der Waals surface area contributed by atoms with E-state index in [0.29, 0.717) is 11.2 Å². The van der Waals surface area contributed by atoms with Gasteiger partial charge in [0.15, 0.2) is 11.2 Å². The zero-order chi connectivity index (χ0) is 14.2. The van der Waals surface area contributed by atoms with Crippen LogP contribution in [0.2, 0.25) is 0 Å². The molecule has 0 fully saturated rings. The molecule has 0 bridgehead atoms. The molecule has 0 aliphatic carbocycles. The molecular formula is C11H14N4O4. The van der Waals surface area contributed by atoms with Gasteiger partial charge in [0.25, 0.3) is 5.56 Å². The highest BCUT2D eigenvalue weighted by Crippen LogP contribution is 2.04. The lowest BCUT2D eigenvalue weighted by Gasteiger charge is -2.08. The number of allylic oxidation sites excluding steroid dienone is 1. The van der Waals surface area contributed by atoms with Crippen LogP contribution < -0.4 is 11.2 Å². The van der Waals surface area contributed by atoms with Crippen molar-refractivity contribution in [3.63, 3.8) is 0 Å². The first-order chi connectivity index (χ1) is 8.97. The first-order valence-electron chi connectivity index (χ1n) is 5.57. The van der Waals surface area contributed by atoms with Gasteiger partial charge in [-0.1, -0.05) is 6.58 Å². The molecule has 0 saturated carbocycles. The maximum absolute atomic E-state index is 12.2. The van der Waals surface area contributed by atoms with Crippen molar-refractivity contribution >= 4 is 11.2 Å². The Morgan fingerprint density at radius 1 is 1.47 bits per heavy atom. The lowest BCUT2D eigenvalue weighted by Crippen LogP contribution is -2.39. The predicted octanol–water partition coefficient (Wildman–Crippen LogP) is -0.173. The van der Waals surface area contributed by atoms with E-state index in [4.69, 9.17) is 5.26 Å². The second kappa shape index (κ2) is 4.73. The van der Waals surface area contributed by atoms with Gasteiger partial charge in [0, 0.05) is 27.1 Å². The summed E-state index contributed by atoms with van der Waals surface area (Å²) in [7, 11) is 3.23. The van der Waals surface area contributed by atoms with Crippen LogP contribution in [-0.2, 0) is 25.5 Å². The lowest BCUT2D eigenvalue weighted by atomic mass is 10.3. The Hall–Kier alpha value is -2.35. The maximum atomic E-state index is 12.2. The third-order valence-electron chi connectivity index (χ3n) is 2.94. The van der Waals surface area contributed by atoms with Crippen LogP contribution >= 0.6 is 0 Å². The summed E-state index contributed by atoms with van der Waals surface area (Å²) in [4.78, 5) is 32.3. The highest BCUT2D eigenvalue weighted by atomic mass is 17.1. The fraction of sp³-hybridized carbons (Fsp3) is 0.364. The zero-order valence-electron chi connectivity index (χ0n) is 10.7. The molecule has 2 aromatic heterocycles. The van der Waals surface area contributed by atoms with Crippen LogP contribution in [0.1, 0.15) is 6.42 Å². The molecule has 0 aliphatic heterocycles. The zero-order valence-corrected chi connectivity index (χ0v) is 10.7. The monoisotopic (exact) mass is 266 g/mol. The number of nitrogens with zero attached hydrogens (tertiary/aromatic N) is 4. The number of aryl methyl sites for hydroxylation is 2. The summed E-state index contributed by atoms with van der Waals surface area (Å²) in [6.07, 6.45) is 1.64. The standard InChI is InChI=1S/C11H14N4O4/c1-7(19-18)4-5-15-10(16)8-9(12-6-13(8)2)14(3)11(15)17/h6,18H,1,4-5H2,2-3H3. The van der Waals surface area contributed by atoms with Crippen LogP contribution in [0.25, 0.3) is 11.2 Å². The van der Waals surface area contributed by atoms with E-state index in [9.17, 15) is 9.59 Å². The minimum atomic E-state index is -0.470. The summed E-state index contributed by atoms with van der Waals surface area (Å²) in [5.41, 5.74) is -0.214. The minimum absolute atomic E-state index is 0.0754. The van der Waals surface area contributed by atoms with Gasteiger partial charge in [0.05, 0.1) is 6.33 Å². The second-order valence-corrected chi connectivity index (χ2v) is 4.21. The van der Waals surface area contributed by atoms with Crippen LogP contribution in [0.4, 0.5) is 0 Å². The Bertz CT molecular complexity index is 752. The quantitative estimate of drug-likeness (QED) is 0.471. The summed E-state index contributed by atoms with van der Waals surface area (Å²) in [6.45, 7) is 3.50. The predicted molar refractivity (Wildman–Crippen MR) is 67.7 cm³/mol. The average Bonchev–Trinajstić information content (AvgIpc) is 2.78. The molecule has 0 aliphatic rings. The number of rotatable bonds is 4. The molecule has 8 heteroatoms. The van der Waals surface area contributed by atoms with Gasteiger partial charge in [-0.05, 0) is 0 Å². The molecule has 1 N–H and O–H groups in total. The number of imidazole rings is 1. The van der Waals surface area contributed by atoms with E-state index in [-0.39, 0.29) is 18.7 Å². The summed E-state index contributed by atoms with van der Waals surface area (Å²) >= 11 is 0. The van der Waals surface area contributed by atoms with Crippen LogP contribution in [-0.4, -0.2) is 23.9 Å². The molecule has 2 rings (SSSR count). The van der Waals surface area contributed by atoms with Crippen LogP contribution in [0, 0.1) is 0 Å². The maximum Gasteiger partial charge on any atom is 0.332 e. The van der Waals surface area contributed by atoms with E-state index in [1.54, 1.807) is 18.7 Å². The van der Waals surface area contributed by atoms with Crippen molar-refractivity contribution in [2.75, 3.05) is 0 Å². The summed E-state index contributed by atoms with van der Waals surface area (Å²) in [5.74, 6) is 0.0825. The molecule has 8 nitrogen and oxygen atoms in total. The average molecular weight is 266 g/mol. The SMILES string of the molecule is C=C(CCn1c(=O)c2c(ncn2C)n(C)c1=O)OO. The van der Waals surface area contributed by atoms with Gasteiger partial charge in [0.1, 0.15) is 5.76 Å². The highest BCUT2D eigenvalue weighted by Gasteiger charge is 2.14. The van der Waals surface area contributed by atoms with Crippen molar-refractivity contribution in [1.82, 2.24) is 18.7 Å². The third-order valence-corrected chi connectivity index (χ3v) is 2.94. The molecule has 102 valence electrons. The molecule has 0 radical (unpaired) electrons. The van der Waals surface area contributed by atoms with Crippen molar-refractivity contribution in [1.29, 1.82) is 0 Å². The first-order valence-corrected chi connectivity index (χ1v) is 5.57. The Kier molecular flexibility index (Phi) is 3.26. The lowest BCUT2D eigenvalue weighted by molar-refractivity contribution is -0.205. The molecule has 0 amide bonds. The van der Waals surface area contributed by atoms with Crippen LogP contribution in [0.3, 0.4) is 0 Å². The largest absolute Gasteiger partial charge is 0.345 e. The van der Waals surface area contributed by atoms with E-state index in [0.717, 1.165) is 4.57 Å². The van der Waals surface area contributed by atoms with Crippen molar-refractivity contribution in [2.24, 2.45) is 14.1 Å². The molecule has 19 heavy (non-hydrogen) atoms. The normalized spacial score (nSPS) is 10.9. The Morgan fingerprint density at radius 2 is 2.16 bits per heavy atom. The summed E-state index contributed by atoms with van der Waals surface area (Å²) < 4.78 is 3.93. The topological polar surface area (TPSA) is 91.3 Å². The summed E-state index contributed by atoms with van der Waals surface area (Å²) in [6, 6.07) is 0. The fourth-order valence-corrected chi connectivity index (χ4v) is 1.88. The van der Waals surface area contributed by atoms with Gasteiger partial charge in [-0.25, -0.2) is 15.0 Å². The van der Waals surface area contributed by atoms with Gasteiger partial charge in [-0.15, -0.1) is 0 Å². The van der Waals surface area contributed by atoms with E-state index < -0.39 is 11.2 Å². The first kappa shape index (κ1) is 13.1. The number of hydrogen-bond acceptors (Lipinski definition) is 5. The Morgan fingerprint density at radius 3 is 2.79 bits per heavy atom. The van der Waals surface area contributed by atoms with Gasteiger partial charge in [-0.2, -0.15) is 0 Å². The van der Waals surface area contributed by atoms with Crippen LogP contribution in [0.5, 0.6) is 0 Å². The Balaban J connectivity index is 2.61. The van der Waals surface area contributed by atoms with Crippen molar-refractivity contribution in [3.05, 3.63) is 39.5 Å². The van der Waals surface area contributed by atoms with E-state index in [2.05, 4.69) is 16.5 Å². The van der Waals surface area contributed by atoms with E-state index in [1.165, 1.54) is 10.9 Å². The van der Waals surface area contributed by atoms with E-state index >= 15 is 0 Å². The highest BCUT2D eigenvalue weighted by molar-refractivity contribution is 5.69. The third kappa shape index (κ3) is 2.06. The molecule has 2 heterocycles. The van der Waals surface area contributed by atoms with Gasteiger partial charge < -0.3 is 9.45 Å².